The lowest BCUT2D eigenvalue weighted by Crippen LogP contribution is -2.07. The zero-order chi connectivity index (χ0) is 8.48. The van der Waals surface area contributed by atoms with Gasteiger partial charge in [0.1, 0.15) is 0 Å². The Morgan fingerprint density at radius 3 is 2.45 bits per heavy atom. The van der Waals surface area contributed by atoms with Crippen molar-refractivity contribution in [1.82, 2.24) is 9.97 Å². The highest BCUT2D eigenvalue weighted by molar-refractivity contribution is 6.16. The molecule has 0 atom stereocenters. The number of rotatable bonds is 1. The van der Waals surface area contributed by atoms with Crippen molar-refractivity contribution in [2.24, 2.45) is 0 Å². The molecule has 1 heterocycles. The van der Waals surface area contributed by atoms with Crippen LogP contribution in [0.4, 0.5) is 13.2 Å². The van der Waals surface area contributed by atoms with E-state index in [2.05, 4.69) is 4.98 Å². The van der Waals surface area contributed by atoms with Crippen LogP contribution < -0.4 is 0 Å². The maximum absolute atomic E-state index is 11.8. The van der Waals surface area contributed by atoms with Crippen molar-refractivity contribution in [2.75, 3.05) is 0 Å². The van der Waals surface area contributed by atoms with Crippen LogP contribution in [0.3, 0.4) is 0 Å². The molecule has 0 radical (unpaired) electrons. The summed E-state index contributed by atoms with van der Waals surface area (Å²) in [4.78, 5) is 5.13. The Labute approximate surface area is 65.4 Å². The zero-order valence-electron chi connectivity index (χ0n) is 5.24. The molecule has 0 aliphatic heterocycles. The van der Waals surface area contributed by atoms with Gasteiger partial charge in [0.25, 0.3) is 0 Å². The molecule has 0 spiro atoms. The van der Waals surface area contributed by atoms with Crippen LogP contribution in [0, 0.1) is 0 Å². The molecule has 11 heavy (non-hydrogen) atoms. The summed E-state index contributed by atoms with van der Waals surface area (Å²) in [6.07, 6.45) is -3.35. The highest BCUT2D eigenvalue weighted by Gasteiger charge is 2.34. The maximum atomic E-state index is 11.8. The fourth-order valence-corrected chi connectivity index (χ4v) is 0.707. The fourth-order valence-electron chi connectivity index (χ4n) is 0.571. The van der Waals surface area contributed by atoms with E-state index in [9.17, 15) is 13.2 Å². The standard InChI is InChI=1S/C5H4ClF3N2/c6-1-3-2-10-4(11-3)5(7,8)9/h2H,1H2,(H,10,11). The molecule has 1 rings (SSSR count). The number of nitrogens with one attached hydrogen (secondary N) is 1. The molecule has 0 aliphatic rings. The third-order valence-corrected chi connectivity index (χ3v) is 1.33. The number of hydrogen-bond acceptors (Lipinski definition) is 1. The van der Waals surface area contributed by atoms with Gasteiger partial charge < -0.3 is 4.98 Å². The van der Waals surface area contributed by atoms with E-state index in [1.165, 1.54) is 0 Å². The van der Waals surface area contributed by atoms with E-state index in [0.717, 1.165) is 6.20 Å². The molecular weight excluding hydrogens is 181 g/mol. The number of halogens is 4. The van der Waals surface area contributed by atoms with Gasteiger partial charge in [-0.1, -0.05) is 0 Å². The summed E-state index contributed by atoms with van der Waals surface area (Å²) in [7, 11) is 0. The predicted molar refractivity (Wildman–Crippen MR) is 33.1 cm³/mol. The monoisotopic (exact) mass is 184 g/mol. The molecule has 0 bridgehead atoms. The average molecular weight is 185 g/mol. The molecule has 0 unspecified atom stereocenters. The van der Waals surface area contributed by atoms with Gasteiger partial charge in [-0.3, -0.25) is 0 Å². The Morgan fingerprint density at radius 2 is 2.18 bits per heavy atom. The van der Waals surface area contributed by atoms with Crippen molar-refractivity contribution in [1.29, 1.82) is 0 Å². The Hall–Kier alpha value is -0.710. The van der Waals surface area contributed by atoms with Gasteiger partial charge in [-0.25, -0.2) is 4.98 Å². The number of hydrogen-bond donors (Lipinski definition) is 1. The molecule has 62 valence electrons. The first-order valence-electron chi connectivity index (χ1n) is 2.71. The number of nitrogens with zero attached hydrogens (tertiary/aromatic N) is 1. The van der Waals surface area contributed by atoms with Crippen LogP contribution in [-0.4, -0.2) is 9.97 Å². The van der Waals surface area contributed by atoms with Gasteiger partial charge in [0.2, 0.25) is 5.82 Å². The SMILES string of the molecule is FC(F)(F)c1ncc(CCl)[nH]1. The second-order valence-electron chi connectivity index (χ2n) is 1.89. The quantitative estimate of drug-likeness (QED) is 0.666. The third kappa shape index (κ3) is 1.86. The number of aromatic nitrogens is 2. The minimum atomic E-state index is -4.41. The van der Waals surface area contributed by atoms with Crippen LogP contribution in [0.2, 0.25) is 0 Å². The van der Waals surface area contributed by atoms with Crippen LogP contribution >= 0.6 is 11.6 Å². The number of alkyl halides is 4. The van der Waals surface area contributed by atoms with Crippen molar-refractivity contribution in [3.63, 3.8) is 0 Å². The summed E-state index contributed by atoms with van der Waals surface area (Å²) in [5, 5.41) is 0. The molecule has 1 aromatic rings. The van der Waals surface area contributed by atoms with Crippen LogP contribution in [0.5, 0.6) is 0 Å². The van der Waals surface area contributed by atoms with Gasteiger partial charge in [-0.2, -0.15) is 13.2 Å². The Morgan fingerprint density at radius 1 is 1.55 bits per heavy atom. The lowest BCUT2D eigenvalue weighted by Gasteiger charge is -1.99. The van der Waals surface area contributed by atoms with Gasteiger partial charge in [0.05, 0.1) is 5.88 Å². The Balaban J connectivity index is 2.89. The summed E-state index contributed by atoms with van der Waals surface area (Å²) >= 11 is 5.25. The number of aromatic amines is 1. The molecule has 1 N–H and O–H groups in total. The summed E-state index contributed by atoms with van der Waals surface area (Å²) in [6, 6.07) is 0. The Kier molecular flexibility index (Phi) is 2.08. The van der Waals surface area contributed by atoms with Crippen molar-refractivity contribution < 1.29 is 13.2 Å². The van der Waals surface area contributed by atoms with Gasteiger partial charge in [0, 0.05) is 11.9 Å². The summed E-state index contributed by atoms with van der Waals surface area (Å²) < 4.78 is 35.4. The highest BCUT2D eigenvalue weighted by Crippen LogP contribution is 2.26. The van der Waals surface area contributed by atoms with E-state index in [-0.39, 0.29) is 11.6 Å². The fraction of sp³-hybridized carbons (Fsp3) is 0.400. The minimum Gasteiger partial charge on any atom is -0.337 e. The van der Waals surface area contributed by atoms with E-state index in [4.69, 9.17) is 11.6 Å². The molecule has 0 amide bonds. The normalized spacial score (nSPS) is 12.0. The number of imidazole rings is 1. The lowest BCUT2D eigenvalue weighted by molar-refractivity contribution is -0.144. The van der Waals surface area contributed by atoms with Crippen LogP contribution in [0.15, 0.2) is 6.20 Å². The molecule has 0 saturated carbocycles. The van der Waals surface area contributed by atoms with Gasteiger partial charge in [-0.15, -0.1) is 11.6 Å². The highest BCUT2D eigenvalue weighted by atomic mass is 35.5. The first kappa shape index (κ1) is 8.39. The lowest BCUT2D eigenvalue weighted by atomic mass is 10.6. The van der Waals surface area contributed by atoms with Crippen molar-refractivity contribution >= 4 is 11.6 Å². The second-order valence-corrected chi connectivity index (χ2v) is 2.16. The van der Waals surface area contributed by atoms with Crippen LogP contribution in [0.1, 0.15) is 11.5 Å². The van der Waals surface area contributed by atoms with E-state index in [1.807, 2.05) is 4.98 Å². The first-order valence-corrected chi connectivity index (χ1v) is 3.24. The second kappa shape index (κ2) is 2.73. The maximum Gasteiger partial charge on any atom is 0.449 e. The van der Waals surface area contributed by atoms with Crippen molar-refractivity contribution in [3.8, 4) is 0 Å². The first-order chi connectivity index (χ1) is 5.04. The molecule has 0 fully saturated rings. The van der Waals surface area contributed by atoms with E-state index >= 15 is 0 Å². The summed E-state index contributed by atoms with van der Waals surface area (Å²) in [5.74, 6) is -1.00. The van der Waals surface area contributed by atoms with Gasteiger partial charge >= 0.3 is 6.18 Å². The average Bonchev–Trinajstić information content (AvgIpc) is 2.32. The summed E-state index contributed by atoms with van der Waals surface area (Å²) in [5.41, 5.74) is 0.263. The van der Waals surface area contributed by atoms with Gasteiger partial charge in [-0.05, 0) is 0 Å². The molecular formula is C5H4ClF3N2. The van der Waals surface area contributed by atoms with Crippen LogP contribution in [-0.2, 0) is 12.1 Å². The largest absolute Gasteiger partial charge is 0.449 e. The Bertz CT molecular complexity index is 242. The van der Waals surface area contributed by atoms with Gasteiger partial charge in [0.15, 0.2) is 0 Å². The van der Waals surface area contributed by atoms with E-state index in [1.54, 1.807) is 0 Å². The van der Waals surface area contributed by atoms with Crippen molar-refractivity contribution in [2.45, 2.75) is 12.1 Å². The van der Waals surface area contributed by atoms with Crippen molar-refractivity contribution in [3.05, 3.63) is 17.7 Å². The van der Waals surface area contributed by atoms with E-state index < -0.39 is 12.0 Å². The zero-order valence-corrected chi connectivity index (χ0v) is 6.00. The molecule has 2 nitrogen and oxygen atoms in total. The number of H-pyrrole nitrogens is 1. The molecule has 6 heteroatoms. The smallest absolute Gasteiger partial charge is 0.337 e. The molecule has 0 aliphatic carbocycles. The van der Waals surface area contributed by atoms with Crippen LogP contribution in [0.25, 0.3) is 0 Å². The third-order valence-electron chi connectivity index (χ3n) is 1.04. The molecule has 0 saturated heterocycles. The molecule has 1 aromatic heterocycles. The molecule has 0 aromatic carbocycles. The van der Waals surface area contributed by atoms with E-state index in [0.29, 0.717) is 0 Å². The predicted octanol–water partition coefficient (Wildman–Crippen LogP) is 2.17. The topological polar surface area (TPSA) is 28.7 Å². The summed E-state index contributed by atoms with van der Waals surface area (Å²) in [6.45, 7) is 0. The minimum absolute atomic E-state index is 0.00306.